The molecule has 0 bridgehead atoms. The Morgan fingerprint density at radius 3 is 1.25 bits per heavy atom. The highest BCUT2D eigenvalue weighted by Crippen LogP contribution is 2.13. The molecular weight excluding hydrogens is 558 g/mol. The van der Waals surface area contributed by atoms with Gasteiger partial charge in [-0.25, -0.2) is 0 Å². The predicted molar refractivity (Wildman–Crippen MR) is 93.7 cm³/mol. The molecule has 0 aliphatic carbocycles. The molecule has 2 aromatic carbocycles. The summed E-state index contributed by atoms with van der Waals surface area (Å²) in [6.07, 6.45) is 0. The van der Waals surface area contributed by atoms with Crippen molar-refractivity contribution in [2.45, 2.75) is 0 Å². The third-order valence-corrected chi connectivity index (χ3v) is 3.90. The fraction of sp³-hybridized carbons (Fsp3) is 0. The standard InChI is InChI=1S/2C6H4BrI/c2*7-5-2-1-3-6(8)4-5/h2*1-4H. The van der Waals surface area contributed by atoms with Gasteiger partial charge in [0, 0.05) is 16.1 Å². The van der Waals surface area contributed by atoms with Crippen molar-refractivity contribution in [2.24, 2.45) is 0 Å². The van der Waals surface area contributed by atoms with E-state index < -0.39 is 0 Å². The Balaban J connectivity index is 0.000000160. The van der Waals surface area contributed by atoms with Crippen molar-refractivity contribution in [3.63, 3.8) is 0 Å². The molecule has 4 heteroatoms. The van der Waals surface area contributed by atoms with Crippen LogP contribution in [0.3, 0.4) is 0 Å². The van der Waals surface area contributed by atoms with E-state index in [-0.39, 0.29) is 0 Å². The maximum Gasteiger partial charge on any atom is 0.0185 e. The highest BCUT2D eigenvalue weighted by atomic mass is 127. The molecule has 0 heterocycles. The molecule has 0 atom stereocenters. The lowest BCUT2D eigenvalue weighted by atomic mass is 10.4. The van der Waals surface area contributed by atoms with Crippen molar-refractivity contribution in [1.29, 1.82) is 0 Å². The number of rotatable bonds is 0. The molecule has 0 radical (unpaired) electrons. The maximum absolute atomic E-state index is 3.36. The summed E-state index contributed by atoms with van der Waals surface area (Å²) in [5, 5.41) is 0. The summed E-state index contributed by atoms with van der Waals surface area (Å²) in [7, 11) is 0. The first-order valence-electron chi connectivity index (χ1n) is 4.40. The summed E-state index contributed by atoms with van der Waals surface area (Å²) in [5.74, 6) is 0. The third-order valence-electron chi connectivity index (χ3n) is 1.57. The SMILES string of the molecule is Brc1cccc(I)c1.Brc1cccc(I)c1. The second kappa shape index (κ2) is 8.05. The van der Waals surface area contributed by atoms with Gasteiger partial charge in [-0.05, 0) is 81.6 Å². The molecule has 0 N–H and O–H groups in total. The lowest BCUT2D eigenvalue weighted by Crippen LogP contribution is -1.66. The van der Waals surface area contributed by atoms with Gasteiger partial charge in [-0.1, -0.05) is 44.0 Å². The van der Waals surface area contributed by atoms with Crippen LogP contribution in [0.15, 0.2) is 57.5 Å². The number of benzene rings is 2. The topological polar surface area (TPSA) is 0 Å². The highest BCUT2D eigenvalue weighted by molar-refractivity contribution is 14.1. The van der Waals surface area contributed by atoms with Gasteiger partial charge in [-0.15, -0.1) is 0 Å². The van der Waals surface area contributed by atoms with Gasteiger partial charge < -0.3 is 0 Å². The van der Waals surface area contributed by atoms with Crippen LogP contribution in [0.1, 0.15) is 0 Å². The number of hydrogen-bond donors (Lipinski definition) is 0. The molecule has 2 rings (SSSR count). The Morgan fingerprint density at radius 2 is 1.06 bits per heavy atom. The fourth-order valence-electron chi connectivity index (χ4n) is 0.920. The normalized spacial score (nSPS) is 9.25. The van der Waals surface area contributed by atoms with E-state index in [9.17, 15) is 0 Å². The molecular formula is C12H8Br2I2. The van der Waals surface area contributed by atoms with Crippen molar-refractivity contribution in [1.82, 2.24) is 0 Å². The van der Waals surface area contributed by atoms with Gasteiger partial charge in [-0.2, -0.15) is 0 Å². The Labute approximate surface area is 140 Å². The van der Waals surface area contributed by atoms with E-state index in [1.807, 2.05) is 24.3 Å². The summed E-state index contributed by atoms with van der Waals surface area (Å²) in [5.41, 5.74) is 0. The molecule has 0 aliphatic rings. The largest absolute Gasteiger partial charge is 0.0601 e. The molecule has 0 nitrogen and oxygen atoms in total. The highest BCUT2D eigenvalue weighted by Gasteiger charge is 1.84. The fourth-order valence-corrected chi connectivity index (χ4v) is 3.66. The van der Waals surface area contributed by atoms with Gasteiger partial charge in [0.1, 0.15) is 0 Å². The minimum Gasteiger partial charge on any atom is -0.0601 e. The molecule has 0 fully saturated rings. The Kier molecular flexibility index (Phi) is 7.50. The van der Waals surface area contributed by atoms with Crippen LogP contribution in [0.5, 0.6) is 0 Å². The van der Waals surface area contributed by atoms with Crippen LogP contribution in [0, 0.1) is 7.14 Å². The second-order valence-electron chi connectivity index (χ2n) is 2.88. The van der Waals surface area contributed by atoms with Crippen LogP contribution in [0.4, 0.5) is 0 Å². The molecule has 0 aliphatic heterocycles. The Bertz CT molecular complexity index is 380. The minimum atomic E-state index is 1.14. The number of halogens is 4. The lowest BCUT2D eigenvalue weighted by Gasteiger charge is -1.87. The molecule has 0 aromatic heterocycles. The van der Waals surface area contributed by atoms with E-state index in [1.165, 1.54) is 7.14 Å². The van der Waals surface area contributed by atoms with E-state index in [2.05, 4.69) is 101 Å². The van der Waals surface area contributed by atoms with Gasteiger partial charge in [-0.3, -0.25) is 0 Å². The van der Waals surface area contributed by atoms with Crippen LogP contribution < -0.4 is 0 Å². The summed E-state index contributed by atoms with van der Waals surface area (Å²) in [4.78, 5) is 0. The Hall–Kier alpha value is 0.860. The summed E-state index contributed by atoms with van der Waals surface area (Å²) in [6, 6.07) is 16.3. The molecule has 0 saturated carbocycles. The first-order valence-corrected chi connectivity index (χ1v) is 8.14. The van der Waals surface area contributed by atoms with Gasteiger partial charge >= 0.3 is 0 Å². The monoisotopic (exact) mass is 564 g/mol. The second-order valence-corrected chi connectivity index (χ2v) is 7.20. The molecule has 2 aromatic rings. The van der Waals surface area contributed by atoms with E-state index in [4.69, 9.17) is 0 Å². The van der Waals surface area contributed by atoms with Crippen molar-refractivity contribution < 1.29 is 0 Å². The van der Waals surface area contributed by atoms with Crippen LogP contribution in [-0.4, -0.2) is 0 Å². The van der Waals surface area contributed by atoms with Gasteiger partial charge in [0.25, 0.3) is 0 Å². The zero-order valence-electron chi connectivity index (χ0n) is 8.13. The molecule has 0 amide bonds. The van der Waals surface area contributed by atoms with Crippen molar-refractivity contribution >= 4 is 77.0 Å². The van der Waals surface area contributed by atoms with Crippen molar-refractivity contribution in [3.05, 3.63) is 64.6 Å². The first-order chi connectivity index (χ1) is 7.58. The van der Waals surface area contributed by atoms with E-state index in [1.54, 1.807) is 0 Å². The van der Waals surface area contributed by atoms with E-state index >= 15 is 0 Å². The van der Waals surface area contributed by atoms with E-state index in [0.29, 0.717) is 0 Å². The summed E-state index contributed by atoms with van der Waals surface area (Å²) < 4.78 is 4.81. The molecule has 0 spiro atoms. The molecule has 0 unspecified atom stereocenters. The minimum absolute atomic E-state index is 1.14. The molecule has 84 valence electrons. The van der Waals surface area contributed by atoms with Gasteiger partial charge in [0.2, 0.25) is 0 Å². The zero-order chi connectivity index (χ0) is 12.0. The maximum atomic E-state index is 3.36. The van der Waals surface area contributed by atoms with Crippen LogP contribution in [0.25, 0.3) is 0 Å². The van der Waals surface area contributed by atoms with Gasteiger partial charge in [0.15, 0.2) is 0 Å². The summed E-state index contributed by atoms with van der Waals surface area (Å²) >= 11 is 11.3. The molecule has 16 heavy (non-hydrogen) atoms. The zero-order valence-corrected chi connectivity index (χ0v) is 15.6. The van der Waals surface area contributed by atoms with Crippen LogP contribution in [-0.2, 0) is 0 Å². The van der Waals surface area contributed by atoms with Crippen molar-refractivity contribution in [2.75, 3.05) is 0 Å². The predicted octanol–water partition coefficient (Wildman–Crippen LogP) is 6.11. The summed E-state index contributed by atoms with van der Waals surface area (Å²) in [6.45, 7) is 0. The quantitative estimate of drug-likeness (QED) is 0.338. The Morgan fingerprint density at radius 1 is 0.688 bits per heavy atom. The first kappa shape index (κ1) is 14.9. The van der Waals surface area contributed by atoms with Crippen molar-refractivity contribution in [3.8, 4) is 0 Å². The lowest BCUT2D eigenvalue weighted by molar-refractivity contribution is 1.60. The smallest absolute Gasteiger partial charge is 0.0185 e. The van der Waals surface area contributed by atoms with Crippen LogP contribution >= 0.6 is 77.0 Å². The average Bonchev–Trinajstić information content (AvgIpc) is 2.17. The third kappa shape index (κ3) is 6.56. The van der Waals surface area contributed by atoms with E-state index in [0.717, 1.165) is 8.95 Å². The molecule has 0 saturated heterocycles. The number of hydrogen-bond acceptors (Lipinski definition) is 0. The van der Waals surface area contributed by atoms with Crippen LogP contribution in [0.2, 0.25) is 0 Å². The average molecular weight is 566 g/mol. The van der Waals surface area contributed by atoms with Gasteiger partial charge in [0.05, 0.1) is 0 Å².